The highest BCUT2D eigenvalue weighted by atomic mass is 16.3. The maximum atomic E-state index is 8.60. The van der Waals surface area contributed by atoms with Crippen LogP contribution >= 0.6 is 0 Å². The molecule has 0 atom stereocenters. The fourth-order valence-corrected chi connectivity index (χ4v) is 3.87. The molecule has 0 saturated carbocycles. The number of rotatable bonds is 2. The van der Waals surface area contributed by atoms with Gasteiger partial charge in [0.05, 0.1) is 13.7 Å². The van der Waals surface area contributed by atoms with Gasteiger partial charge >= 0.3 is 0 Å². The van der Waals surface area contributed by atoms with Crippen molar-refractivity contribution in [2.45, 2.75) is 26.2 Å². The zero-order valence-electron chi connectivity index (χ0n) is 26.3. The van der Waals surface area contributed by atoms with E-state index in [-0.39, 0.29) is 35.3 Å². The predicted molar refractivity (Wildman–Crippen MR) is 123 cm³/mol. The summed E-state index contributed by atoms with van der Waals surface area (Å²) in [4.78, 5) is 0. The van der Waals surface area contributed by atoms with Crippen LogP contribution in [0, 0.1) is 0 Å². The monoisotopic (exact) mass is 386 g/mol. The van der Waals surface area contributed by atoms with Crippen LogP contribution in [0.3, 0.4) is 0 Å². The van der Waals surface area contributed by atoms with Crippen LogP contribution in [0.15, 0.2) is 95.2 Å². The molecular formula is C28H24O. The Labute approximate surface area is 185 Å². The quantitative estimate of drug-likeness (QED) is 0.298. The van der Waals surface area contributed by atoms with Gasteiger partial charge in [0.15, 0.2) is 0 Å². The van der Waals surface area contributed by atoms with Gasteiger partial charge in [-0.05, 0) is 45.4 Å². The minimum absolute atomic E-state index is 0.0300. The average molecular weight is 387 g/mol. The first kappa shape index (κ1) is 9.93. The van der Waals surface area contributed by atoms with E-state index < -0.39 is 41.7 Å². The summed E-state index contributed by atoms with van der Waals surface area (Å²) >= 11 is 0. The summed E-state index contributed by atoms with van der Waals surface area (Å²) in [5, 5.41) is 1.11. The largest absolute Gasteiger partial charge is 0.456 e. The Hall–Kier alpha value is -3.32. The second-order valence-corrected chi connectivity index (χ2v) is 7.89. The molecule has 0 N–H and O–H groups in total. The summed E-state index contributed by atoms with van der Waals surface area (Å²) in [5.41, 5.74) is 1.82. The number of furan rings is 1. The standard InChI is InChI=1S/C28H24O/c1-28(2,3)27-22(20-13-8-5-9-14-20)17-18-24-26(27)25-21(15-10-16-23(25)29-24)19-11-6-4-7-12-19/h4-18H,1-3H3/i4D,5D,6D,7D,8D,9D,11D,12D,13D,14D. The average Bonchev–Trinajstić information content (AvgIpc) is 3.27. The van der Waals surface area contributed by atoms with Gasteiger partial charge in [0, 0.05) is 10.8 Å². The summed E-state index contributed by atoms with van der Waals surface area (Å²) < 4.78 is 89.3. The third-order valence-corrected chi connectivity index (χ3v) is 4.95. The minimum Gasteiger partial charge on any atom is -0.456 e. The van der Waals surface area contributed by atoms with Gasteiger partial charge in [-0.15, -0.1) is 0 Å². The Morgan fingerprint density at radius 3 is 1.86 bits per heavy atom. The molecule has 0 aliphatic carbocycles. The van der Waals surface area contributed by atoms with E-state index in [0.29, 0.717) is 38.6 Å². The maximum Gasteiger partial charge on any atom is 0.136 e. The van der Waals surface area contributed by atoms with Crippen molar-refractivity contribution in [3.05, 3.63) is 96.3 Å². The topological polar surface area (TPSA) is 13.1 Å². The Kier molecular flexibility index (Phi) is 2.27. The molecule has 1 heteroatoms. The third kappa shape index (κ3) is 2.94. The second kappa shape index (κ2) is 6.63. The molecule has 4 aromatic carbocycles. The number of hydrogen-bond donors (Lipinski definition) is 0. The molecule has 0 saturated heterocycles. The van der Waals surface area contributed by atoms with Crippen LogP contribution in [0.25, 0.3) is 44.2 Å². The van der Waals surface area contributed by atoms with Crippen molar-refractivity contribution in [2.24, 2.45) is 0 Å². The van der Waals surface area contributed by atoms with Crippen molar-refractivity contribution >= 4 is 21.9 Å². The highest BCUT2D eigenvalue weighted by Crippen LogP contribution is 2.45. The van der Waals surface area contributed by atoms with Crippen molar-refractivity contribution in [3.8, 4) is 22.3 Å². The molecule has 0 unspecified atom stereocenters. The van der Waals surface area contributed by atoms with Crippen molar-refractivity contribution in [2.75, 3.05) is 0 Å². The summed E-state index contributed by atoms with van der Waals surface area (Å²) in [6.07, 6.45) is 0. The van der Waals surface area contributed by atoms with Crippen molar-refractivity contribution in [3.63, 3.8) is 0 Å². The first-order valence-electron chi connectivity index (χ1n) is 14.3. The molecule has 0 amide bonds. The first-order valence-corrected chi connectivity index (χ1v) is 9.31. The second-order valence-electron chi connectivity index (χ2n) is 7.89. The zero-order chi connectivity index (χ0) is 28.7. The molecule has 0 radical (unpaired) electrons. The van der Waals surface area contributed by atoms with Crippen LogP contribution < -0.4 is 0 Å². The van der Waals surface area contributed by atoms with Crippen LogP contribution in [-0.4, -0.2) is 0 Å². The third-order valence-electron chi connectivity index (χ3n) is 4.95. The maximum absolute atomic E-state index is 8.60. The van der Waals surface area contributed by atoms with Crippen LogP contribution in [-0.2, 0) is 5.41 Å². The van der Waals surface area contributed by atoms with Gasteiger partial charge in [-0.3, -0.25) is 0 Å². The number of hydrogen-bond acceptors (Lipinski definition) is 1. The Bertz CT molecular complexity index is 1790. The molecule has 1 nitrogen and oxygen atoms in total. The first-order chi connectivity index (χ1) is 18.2. The lowest BCUT2D eigenvalue weighted by Gasteiger charge is -2.24. The van der Waals surface area contributed by atoms with Crippen molar-refractivity contribution < 1.29 is 18.1 Å². The lowest BCUT2D eigenvalue weighted by atomic mass is 9.78. The number of fused-ring (bicyclic) bond motifs is 3. The van der Waals surface area contributed by atoms with E-state index >= 15 is 0 Å². The zero-order valence-corrected chi connectivity index (χ0v) is 16.3. The molecule has 0 aliphatic rings. The van der Waals surface area contributed by atoms with E-state index in [1.54, 1.807) is 30.3 Å². The molecule has 1 aromatic heterocycles. The fraction of sp³-hybridized carbons (Fsp3) is 0.143. The van der Waals surface area contributed by atoms with Gasteiger partial charge in [-0.1, -0.05) is 99.4 Å². The summed E-state index contributed by atoms with van der Waals surface area (Å²) in [5.74, 6) is 0. The van der Waals surface area contributed by atoms with Gasteiger partial charge in [-0.25, -0.2) is 0 Å². The van der Waals surface area contributed by atoms with E-state index in [9.17, 15) is 0 Å². The van der Waals surface area contributed by atoms with Crippen molar-refractivity contribution in [1.29, 1.82) is 0 Å². The van der Waals surface area contributed by atoms with E-state index in [4.69, 9.17) is 18.1 Å². The Balaban J connectivity index is 2.03. The predicted octanol–water partition coefficient (Wildman–Crippen LogP) is 8.22. The molecule has 29 heavy (non-hydrogen) atoms. The highest BCUT2D eigenvalue weighted by Gasteiger charge is 2.26. The molecule has 1 heterocycles. The SMILES string of the molecule is [2H]c1c([2H])c([2H])c(-c2ccc3oc4cccc(-c5c([2H])c([2H])c([2H])c([2H])c5[2H])c4c3c2C(C)(C)C)c([2H])c1[2H]. The summed E-state index contributed by atoms with van der Waals surface area (Å²) in [6.45, 7) is 5.81. The summed E-state index contributed by atoms with van der Waals surface area (Å²) in [6, 6.07) is 4.34. The molecule has 0 aliphatic heterocycles. The molecule has 5 rings (SSSR count). The smallest absolute Gasteiger partial charge is 0.136 e. The van der Waals surface area contributed by atoms with E-state index in [0.717, 1.165) is 0 Å². The normalized spacial score (nSPS) is 16.8. The van der Waals surface area contributed by atoms with Crippen LogP contribution in [0.4, 0.5) is 0 Å². The molecule has 0 bridgehead atoms. The number of benzene rings is 4. The highest BCUT2D eigenvalue weighted by molar-refractivity contribution is 6.15. The summed E-state index contributed by atoms with van der Waals surface area (Å²) in [7, 11) is 0. The van der Waals surface area contributed by atoms with Gasteiger partial charge < -0.3 is 4.42 Å². The Morgan fingerprint density at radius 1 is 0.655 bits per heavy atom. The Morgan fingerprint density at radius 2 is 1.24 bits per heavy atom. The van der Waals surface area contributed by atoms with E-state index in [2.05, 4.69) is 0 Å². The minimum atomic E-state index is -0.624. The van der Waals surface area contributed by atoms with Crippen LogP contribution in [0.1, 0.15) is 40.0 Å². The lowest BCUT2D eigenvalue weighted by Crippen LogP contribution is -2.13. The van der Waals surface area contributed by atoms with E-state index in [1.165, 1.54) is 0 Å². The molecule has 0 spiro atoms. The van der Waals surface area contributed by atoms with Gasteiger partial charge in [0.2, 0.25) is 0 Å². The van der Waals surface area contributed by atoms with E-state index in [1.807, 2.05) is 20.8 Å². The lowest BCUT2D eigenvalue weighted by molar-refractivity contribution is 0.596. The molecular weight excluding hydrogens is 352 g/mol. The van der Waals surface area contributed by atoms with Gasteiger partial charge in [-0.2, -0.15) is 0 Å². The molecule has 142 valence electrons. The van der Waals surface area contributed by atoms with Crippen molar-refractivity contribution in [1.82, 2.24) is 0 Å². The van der Waals surface area contributed by atoms with Gasteiger partial charge in [0.25, 0.3) is 0 Å². The van der Waals surface area contributed by atoms with Crippen LogP contribution in [0.5, 0.6) is 0 Å². The molecule has 5 aromatic rings. The van der Waals surface area contributed by atoms with Gasteiger partial charge in [0.1, 0.15) is 11.2 Å². The molecule has 0 fully saturated rings. The fourth-order valence-electron chi connectivity index (χ4n) is 3.87. The van der Waals surface area contributed by atoms with Crippen LogP contribution in [0.2, 0.25) is 0 Å².